The van der Waals surface area contributed by atoms with E-state index in [0.717, 1.165) is 32.6 Å². The van der Waals surface area contributed by atoms with Crippen LogP contribution in [-0.2, 0) is 4.79 Å². The topological polar surface area (TPSA) is 49.6 Å². The van der Waals surface area contributed by atoms with Gasteiger partial charge < -0.3 is 15.5 Å². The first-order chi connectivity index (χ1) is 10.0. The van der Waals surface area contributed by atoms with Crippen molar-refractivity contribution in [3.05, 3.63) is 29.8 Å². The number of piperazine rings is 1. The quantitative estimate of drug-likeness (QED) is 0.925. The number of aryl methyl sites for hydroxylation is 1. The Balaban J connectivity index is 0.00000242. The number of amides is 1. The molecule has 124 valence electrons. The molecular weight excluding hydrogens is 298 g/mol. The molecule has 0 aliphatic carbocycles. The molecule has 22 heavy (non-hydrogen) atoms. The van der Waals surface area contributed by atoms with Crippen LogP contribution in [0.3, 0.4) is 0 Å². The first-order valence-corrected chi connectivity index (χ1v) is 7.89. The molecule has 0 aromatic heterocycles. The van der Waals surface area contributed by atoms with Gasteiger partial charge in [0.1, 0.15) is 0 Å². The summed E-state index contributed by atoms with van der Waals surface area (Å²) in [5.74, 6) is 0.348. The number of nitrogens with zero attached hydrogens (tertiary/aromatic N) is 2. The Morgan fingerprint density at radius 3 is 2.45 bits per heavy atom. The van der Waals surface area contributed by atoms with Crippen LogP contribution >= 0.6 is 12.4 Å². The van der Waals surface area contributed by atoms with E-state index in [1.54, 1.807) is 0 Å². The lowest BCUT2D eigenvalue weighted by molar-refractivity contribution is -0.134. The third kappa shape index (κ3) is 4.37. The minimum absolute atomic E-state index is 0. The highest BCUT2D eigenvalue weighted by Gasteiger charge is 2.27. The van der Waals surface area contributed by atoms with E-state index < -0.39 is 0 Å². The zero-order chi connectivity index (χ0) is 15.4. The Morgan fingerprint density at radius 1 is 1.27 bits per heavy atom. The van der Waals surface area contributed by atoms with Gasteiger partial charge in [-0.2, -0.15) is 0 Å². The maximum absolute atomic E-state index is 12.4. The number of benzene rings is 1. The van der Waals surface area contributed by atoms with Crippen molar-refractivity contribution >= 4 is 24.0 Å². The van der Waals surface area contributed by atoms with Crippen LogP contribution in [0.2, 0.25) is 0 Å². The molecular formula is C17H28ClN3O. The molecule has 1 fully saturated rings. The van der Waals surface area contributed by atoms with Gasteiger partial charge in [0.25, 0.3) is 0 Å². The first-order valence-electron chi connectivity index (χ1n) is 7.89. The van der Waals surface area contributed by atoms with E-state index in [1.165, 1.54) is 11.3 Å². The van der Waals surface area contributed by atoms with Crippen molar-refractivity contribution in [2.24, 2.45) is 11.7 Å². The van der Waals surface area contributed by atoms with Gasteiger partial charge in [-0.05, 0) is 30.5 Å². The van der Waals surface area contributed by atoms with E-state index in [-0.39, 0.29) is 30.3 Å². The van der Waals surface area contributed by atoms with Crippen molar-refractivity contribution in [1.82, 2.24) is 4.90 Å². The van der Waals surface area contributed by atoms with Crippen molar-refractivity contribution in [2.45, 2.75) is 33.2 Å². The average molecular weight is 326 g/mol. The number of hydrogen-bond donors (Lipinski definition) is 1. The molecule has 2 rings (SSSR count). The normalized spacial score (nSPS) is 17.6. The molecule has 1 aliphatic heterocycles. The number of carbonyl (C=O) groups excluding carboxylic acids is 1. The van der Waals surface area contributed by atoms with Crippen molar-refractivity contribution in [3.63, 3.8) is 0 Å². The second-order valence-corrected chi connectivity index (χ2v) is 6.06. The zero-order valence-corrected chi connectivity index (χ0v) is 14.6. The lowest BCUT2D eigenvalue weighted by atomic mass is 9.98. The second kappa shape index (κ2) is 8.39. The van der Waals surface area contributed by atoms with Crippen LogP contribution in [-0.4, -0.2) is 43.0 Å². The summed E-state index contributed by atoms with van der Waals surface area (Å²) >= 11 is 0. The molecule has 1 aliphatic rings. The molecule has 1 heterocycles. The van der Waals surface area contributed by atoms with E-state index >= 15 is 0 Å². The molecule has 0 spiro atoms. The van der Waals surface area contributed by atoms with E-state index in [1.807, 2.05) is 11.8 Å². The predicted octanol–water partition coefficient (Wildman–Crippen LogP) is 2.44. The largest absolute Gasteiger partial charge is 0.368 e. The van der Waals surface area contributed by atoms with Crippen LogP contribution in [0.25, 0.3) is 0 Å². The van der Waals surface area contributed by atoms with Crippen molar-refractivity contribution in [2.75, 3.05) is 31.1 Å². The lowest BCUT2D eigenvalue weighted by Crippen LogP contribution is -2.54. The predicted molar refractivity (Wildman–Crippen MR) is 94.7 cm³/mol. The van der Waals surface area contributed by atoms with Crippen LogP contribution < -0.4 is 10.6 Å². The van der Waals surface area contributed by atoms with Gasteiger partial charge in [-0.3, -0.25) is 4.79 Å². The standard InChI is InChI=1S/C17H27N3O.ClH/c1-4-14(3)16(18)17(21)20-10-8-19(9-11-20)15-7-5-6-13(2)12-15;/h5-7,12,14,16H,4,8-11,18H2,1-3H3;1H. The first kappa shape index (κ1) is 18.8. The molecule has 1 aromatic rings. The summed E-state index contributed by atoms with van der Waals surface area (Å²) in [5, 5.41) is 0. The highest BCUT2D eigenvalue weighted by Crippen LogP contribution is 2.18. The summed E-state index contributed by atoms with van der Waals surface area (Å²) in [6.45, 7) is 9.51. The lowest BCUT2D eigenvalue weighted by Gasteiger charge is -2.37. The molecule has 5 heteroatoms. The third-order valence-electron chi connectivity index (χ3n) is 4.50. The Bertz CT molecular complexity index is 487. The fraction of sp³-hybridized carbons (Fsp3) is 0.588. The Hall–Kier alpha value is -1.26. The number of hydrogen-bond acceptors (Lipinski definition) is 3. The van der Waals surface area contributed by atoms with Gasteiger partial charge in [0, 0.05) is 31.9 Å². The minimum atomic E-state index is -0.361. The van der Waals surface area contributed by atoms with Gasteiger partial charge in [0.15, 0.2) is 0 Å². The highest BCUT2D eigenvalue weighted by molar-refractivity contribution is 5.85. The Morgan fingerprint density at radius 2 is 1.91 bits per heavy atom. The number of halogens is 1. The van der Waals surface area contributed by atoms with Crippen LogP contribution in [0.5, 0.6) is 0 Å². The molecule has 1 amide bonds. The average Bonchev–Trinajstić information content (AvgIpc) is 2.53. The second-order valence-electron chi connectivity index (χ2n) is 6.06. The summed E-state index contributed by atoms with van der Waals surface area (Å²) in [4.78, 5) is 16.6. The van der Waals surface area contributed by atoms with E-state index in [9.17, 15) is 4.79 Å². The molecule has 2 N–H and O–H groups in total. The SMILES string of the molecule is CCC(C)C(N)C(=O)N1CCN(c2cccc(C)c2)CC1.Cl. The number of carbonyl (C=O) groups is 1. The molecule has 0 radical (unpaired) electrons. The number of rotatable bonds is 4. The fourth-order valence-electron chi connectivity index (χ4n) is 2.72. The third-order valence-corrected chi connectivity index (χ3v) is 4.50. The fourth-order valence-corrected chi connectivity index (χ4v) is 2.72. The van der Waals surface area contributed by atoms with Gasteiger partial charge in [0.2, 0.25) is 5.91 Å². The molecule has 2 unspecified atom stereocenters. The highest BCUT2D eigenvalue weighted by atomic mass is 35.5. The van der Waals surface area contributed by atoms with Gasteiger partial charge in [-0.25, -0.2) is 0 Å². The summed E-state index contributed by atoms with van der Waals surface area (Å²) in [5.41, 5.74) is 8.58. The molecule has 0 bridgehead atoms. The molecule has 4 nitrogen and oxygen atoms in total. The zero-order valence-electron chi connectivity index (χ0n) is 13.8. The van der Waals surface area contributed by atoms with E-state index in [2.05, 4.69) is 43.0 Å². The number of nitrogens with two attached hydrogens (primary N) is 1. The Labute approximate surface area is 140 Å². The molecule has 1 saturated heterocycles. The van der Waals surface area contributed by atoms with Gasteiger partial charge in [0.05, 0.1) is 6.04 Å². The van der Waals surface area contributed by atoms with Crippen LogP contribution in [0.4, 0.5) is 5.69 Å². The van der Waals surface area contributed by atoms with Crippen LogP contribution in [0.15, 0.2) is 24.3 Å². The van der Waals surface area contributed by atoms with E-state index in [4.69, 9.17) is 5.73 Å². The van der Waals surface area contributed by atoms with Crippen molar-refractivity contribution in [3.8, 4) is 0 Å². The monoisotopic (exact) mass is 325 g/mol. The summed E-state index contributed by atoms with van der Waals surface area (Å²) in [6.07, 6.45) is 0.941. The van der Waals surface area contributed by atoms with Crippen LogP contribution in [0, 0.1) is 12.8 Å². The molecule has 1 aromatic carbocycles. The van der Waals surface area contributed by atoms with Gasteiger partial charge in [-0.15, -0.1) is 12.4 Å². The molecule has 0 saturated carbocycles. The van der Waals surface area contributed by atoms with Crippen LogP contribution in [0.1, 0.15) is 25.8 Å². The number of anilines is 1. The smallest absolute Gasteiger partial charge is 0.239 e. The van der Waals surface area contributed by atoms with Crippen molar-refractivity contribution < 1.29 is 4.79 Å². The maximum Gasteiger partial charge on any atom is 0.239 e. The van der Waals surface area contributed by atoms with E-state index in [0.29, 0.717) is 0 Å². The summed E-state index contributed by atoms with van der Waals surface area (Å²) in [6, 6.07) is 8.16. The van der Waals surface area contributed by atoms with Crippen molar-refractivity contribution in [1.29, 1.82) is 0 Å². The van der Waals surface area contributed by atoms with Gasteiger partial charge in [-0.1, -0.05) is 32.4 Å². The molecule has 2 atom stereocenters. The summed E-state index contributed by atoms with van der Waals surface area (Å²) in [7, 11) is 0. The summed E-state index contributed by atoms with van der Waals surface area (Å²) < 4.78 is 0. The minimum Gasteiger partial charge on any atom is -0.368 e. The van der Waals surface area contributed by atoms with Gasteiger partial charge >= 0.3 is 0 Å². The Kier molecular flexibility index (Phi) is 7.17. The maximum atomic E-state index is 12.4.